The molecule has 0 heterocycles. The monoisotopic (exact) mass is 290 g/mol. The molecule has 20 heavy (non-hydrogen) atoms. The molecule has 0 amide bonds. The fourth-order valence-corrected chi connectivity index (χ4v) is 1.97. The van der Waals surface area contributed by atoms with Crippen molar-refractivity contribution in [3.63, 3.8) is 0 Å². The van der Waals surface area contributed by atoms with Crippen molar-refractivity contribution in [2.75, 3.05) is 6.61 Å². The SMILES string of the molecule is CC(=O)C(=O)C(C(C)=O)(C(C)=O)[C@@H](O)[C@H](O)[C@H](O)CO. The van der Waals surface area contributed by atoms with Crippen molar-refractivity contribution in [2.24, 2.45) is 5.41 Å². The normalized spacial score (nSPS) is 16.1. The van der Waals surface area contributed by atoms with Crippen LogP contribution in [0.5, 0.6) is 0 Å². The Hall–Kier alpha value is -1.48. The molecule has 0 fully saturated rings. The molecule has 0 aromatic rings. The first-order valence-corrected chi connectivity index (χ1v) is 5.77. The zero-order valence-corrected chi connectivity index (χ0v) is 11.4. The number of aliphatic hydroxyl groups excluding tert-OH is 4. The topological polar surface area (TPSA) is 149 Å². The van der Waals surface area contributed by atoms with Gasteiger partial charge >= 0.3 is 0 Å². The van der Waals surface area contributed by atoms with E-state index in [2.05, 4.69) is 0 Å². The Morgan fingerprint density at radius 1 is 0.950 bits per heavy atom. The van der Waals surface area contributed by atoms with Crippen LogP contribution in [-0.2, 0) is 19.2 Å². The van der Waals surface area contributed by atoms with Crippen LogP contribution in [0.25, 0.3) is 0 Å². The molecular weight excluding hydrogens is 272 g/mol. The lowest BCUT2D eigenvalue weighted by molar-refractivity contribution is -0.170. The van der Waals surface area contributed by atoms with Gasteiger partial charge < -0.3 is 20.4 Å². The van der Waals surface area contributed by atoms with Crippen LogP contribution in [-0.4, -0.2) is 68.5 Å². The fourth-order valence-electron chi connectivity index (χ4n) is 1.97. The van der Waals surface area contributed by atoms with E-state index >= 15 is 0 Å². The molecule has 0 radical (unpaired) electrons. The summed E-state index contributed by atoms with van der Waals surface area (Å²) in [6.45, 7) is 1.45. The average Bonchev–Trinajstić information content (AvgIpc) is 2.36. The van der Waals surface area contributed by atoms with E-state index in [0.717, 1.165) is 20.8 Å². The number of carbonyl (C=O) groups is 4. The summed E-state index contributed by atoms with van der Waals surface area (Å²) in [5.74, 6) is -4.90. The van der Waals surface area contributed by atoms with E-state index < -0.39 is 53.5 Å². The Balaban J connectivity index is 6.00. The van der Waals surface area contributed by atoms with Gasteiger partial charge in [-0.15, -0.1) is 0 Å². The van der Waals surface area contributed by atoms with Crippen LogP contribution in [0.2, 0.25) is 0 Å². The molecule has 0 saturated carbocycles. The average molecular weight is 290 g/mol. The molecule has 3 atom stereocenters. The molecular formula is C12H18O8. The Morgan fingerprint density at radius 2 is 1.35 bits per heavy atom. The highest BCUT2D eigenvalue weighted by Crippen LogP contribution is 2.30. The van der Waals surface area contributed by atoms with E-state index in [-0.39, 0.29) is 0 Å². The molecule has 0 aliphatic carbocycles. The number of carbonyl (C=O) groups excluding carboxylic acids is 4. The van der Waals surface area contributed by atoms with Gasteiger partial charge in [-0.2, -0.15) is 0 Å². The van der Waals surface area contributed by atoms with E-state index in [0.29, 0.717) is 0 Å². The molecule has 0 aliphatic heterocycles. The van der Waals surface area contributed by atoms with Crippen molar-refractivity contribution < 1.29 is 39.6 Å². The maximum atomic E-state index is 11.9. The van der Waals surface area contributed by atoms with Gasteiger partial charge in [-0.3, -0.25) is 19.2 Å². The van der Waals surface area contributed by atoms with Crippen molar-refractivity contribution in [1.82, 2.24) is 0 Å². The summed E-state index contributed by atoms with van der Waals surface area (Å²) in [6, 6.07) is 0. The zero-order valence-electron chi connectivity index (χ0n) is 11.4. The molecule has 0 aromatic carbocycles. The highest BCUT2D eigenvalue weighted by Gasteiger charge is 2.58. The second-order valence-electron chi connectivity index (χ2n) is 4.49. The predicted molar refractivity (Wildman–Crippen MR) is 64.6 cm³/mol. The van der Waals surface area contributed by atoms with E-state index in [1.807, 2.05) is 0 Å². The number of rotatable bonds is 8. The lowest BCUT2D eigenvalue weighted by Crippen LogP contribution is -2.61. The molecule has 0 spiro atoms. The first kappa shape index (κ1) is 18.5. The summed E-state index contributed by atoms with van der Waals surface area (Å²) >= 11 is 0. The molecule has 0 aliphatic rings. The lowest BCUT2D eigenvalue weighted by Gasteiger charge is -2.35. The van der Waals surface area contributed by atoms with Crippen LogP contribution in [0, 0.1) is 5.41 Å². The van der Waals surface area contributed by atoms with E-state index in [4.69, 9.17) is 5.11 Å². The van der Waals surface area contributed by atoms with Crippen LogP contribution >= 0.6 is 0 Å². The third-order valence-corrected chi connectivity index (χ3v) is 3.14. The van der Waals surface area contributed by atoms with Gasteiger partial charge in [0.15, 0.2) is 22.8 Å². The Kier molecular flexibility index (Phi) is 6.30. The maximum Gasteiger partial charge on any atom is 0.221 e. The Morgan fingerprint density at radius 3 is 1.60 bits per heavy atom. The maximum absolute atomic E-state index is 11.9. The summed E-state index contributed by atoms with van der Waals surface area (Å²) in [5.41, 5.74) is -2.79. The van der Waals surface area contributed by atoms with E-state index in [1.54, 1.807) is 0 Å². The fraction of sp³-hybridized carbons (Fsp3) is 0.667. The molecule has 8 nitrogen and oxygen atoms in total. The second kappa shape index (κ2) is 6.80. The summed E-state index contributed by atoms with van der Waals surface area (Å²) < 4.78 is 0. The smallest absolute Gasteiger partial charge is 0.221 e. The molecule has 0 unspecified atom stereocenters. The molecule has 0 aromatic heterocycles. The van der Waals surface area contributed by atoms with Gasteiger partial charge in [0, 0.05) is 6.92 Å². The van der Waals surface area contributed by atoms with Crippen LogP contribution < -0.4 is 0 Å². The quantitative estimate of drug-likeness (QED) is 0.280. The molecule has 4 N–H and O–H groups in total. The van der Waals surface area contributed by atoms with E-state index in [1.165, 1.54) is 0 Å². The largest absolute Gasteiger partial charge is 0.394 e. The van der Waals surface area contributed by atoms with Crippen molar-refractivity contribution >= 4 is 23.1 Å². The number of ketones is 4. The Labute approximate surface area is 115 Å². The van der Waals surface area contributed by atoms with Gasteiger partial charge in [0.25, 0.3) is 0 Å². The summed E-state index contributed by atoms with van der Waals surface area (Å²) in [6.07, 6.45) is -6.39. The summed E-state index contributed by atoms with van der Waals surface area (Å²) in [7, 11) is 0. The number of hydrogen-bond acceptors (Lipinski definition) is 8. The minimum Gasteiger partial charge on any atom is -0.394 e. The Bertz CT molecular complexity index is 413. The standard InChI is InChI=1S/C12H18O8/c1-5(14)10(19)12(6(2)15,7(3)16)11(20)9(18)8(17)4-13/h8-9,11,13,17-18,20H,4H2,1-3H3/t8-,9-,11+/m1/s1. The van der Waals surface area contributed by atoms with Crippen molar-refractivity contribution in [1.29, 1.82) is 0 Å². The van der Waals surface area contributed by atoms with Crippen LogP contribution in [0.4, 0.5) is 0 Å². The third-order valence-electron chi connectivity index (χ3n) is 3.14. The zero-order chi connectivity index (χ0) is 16.2. The van der Waals surface area contributed by atoms with Gasteiger partial charge in [-0.25, -0.2) is 0 Å². The van der Waals surface area contributed by atoms with Gasteiger partial charge in [0.05, 0.1) is 6.61 Å². The highest BCUT2D eigenvalue weighted by molar-refractivity contribution is 6.48. The van der Waals surface area contributed by atoms with Crippen molar-refractivity contribution in [2.45, 2.75) is 39.1 Å². The highest BCUT2D eigenvalue weighted by atomic mass is 16.4. The predicted octanol–water partition coefficient (Wildman–Crippen LogP) is -2.62. The molecule has 0 bridgehead atoms. The first-order valence-electron chi connectivity index (χ1n) is 5.77. The van der Waals surface area contributed by atoms with E-state index in [9.17, 15) is 34.5 Å². The summed E-state index contributed by atoms with van der Waals surface area (Å²) in [5, 5.41) is 37.5. The molecule has 114 valence electrons. The minimum absolute atomic E-state index is 0.809. The van der Waals surface area contributed by atoms with Gasteiger partial charge in [0.2, 0.25) is 5.78 Å². The molecule has 0 rings (SSSR count). The van der Waals surface area contributed by atoms with Crippen LogP contribution in [0.3, 0.4) is 0 Å². The lowest BCUT2D eigenvalue weighted by atomic mass is 9.68. The third kappa shape index (κ3) is 2.98. The number of Topliss-reactive ketones (excluding diaryl/α,β-unsaturated/α-hetero) is 4. The van der Waals surface area contributed by atoms with Crippen molar-refractivity contribution in [3.8, 4) is 0 Å². The molecule has 8 heteroatoms. The number of aliphatic hydroxyl groups is 4. The second-order valence-corrected chi connectivity index (χ2v) is 4.49. The van der Waals surface area contributed by atoms with Gasteiger partial charge in [-0.1, -0.05) is 0 Å². The van der Waals surface area contributed by atoms with Gasteiger partial charge in [-0.05, 0) is 13.8 Å². The molecule has 0 saturated heterocycles. The first-order chi connectivity index (χ1) is 9.04. The van der Waals surface area contributed by atoms with Crippen LogP contribution in [0.1, 0.15) is 20.8 Å². The number of hydrogen-bond donors (Lipinski definition) is 4. The van der Waals surface area contributed by atoms with Gasteiger partial charge in [0.1, 0.15) is 18.3 Å². The minimum atomic E-state index is -2.79. The van der Waals surface area contributed by atoms with Crippen molar-refractivity contribution in [3.05, 3.63) is 0 Å². The summed E-state index contributed by atoms with van der Waals surface area (Å²) in [4.78, 5) is 46.5. The van der Waals surface area contributed by atoms with Crippen LogP contribution in [0.15, 0.2) is 0 Å².